The van der Waals surface area contributed by atoms with Gasteiger partial charge in [0.2, 0.25) is 0 Å². The van der Waals surface area contributed by atoms with E-state index in [1.54, 1.807) is 11.3 Å². The molecule has 1 aromatic heterocycles. The standard InChI is InChI=1S/C12H16N2O4S/c1-7-5-19-6-8(7)3-13-12(18)14-4-9(15)2-10(14)11(16)17/h5-6,9-10,15H,2-4H2,1H3,(H,13,18)(H,16,17)/t9?,10-/m0/s1. The molecule has 0 radical (unpaired) electrons. The first-order valence-electron chi connectivity index (χ1n) is 5.96. The fourth-order valence-corrected chi connectivity index (χ4v) is 2.97. The summed E-state index contributed by atoms with van der Waals surface area (Å²) in [6, 6.07) is -1.40. The molecule has 3 N–H and O–H groups in total. The zero-order chi connectivity index (χ0) is 14.0. The summed E-state index contributed by atoms with van der Waals surface area (Å²) in [5.41, 5.74) is 2.12. The molecule has 1 fully saturated rings. The number of carbonyl (C=O) groups excluding carboxylic acids is 1. The van der Waals surface area contributed by atoms with E-state index >= 15 is 0 Å². The van der Waals surface area contributed by atoms with E-state index in [9.17, 15) is 14.7 Å². The Morgan fingerprint density at radius 3 is 2.84 bits per heavy atom. The molecule has 2 heterocycles. The largest absolute Gasteiger partial charge is 0.480 e. The average molecular weight is 284 g/mol. The summed E-state index contributed by atoms with van der Waals surface area (Å²) in [7, 11) is 0. The number of aryl methyl sites for hydroxylation is 1. The predicted molar refractivity (Wildman–Crippen MR) is 70.0 cm³/mol. The monoisotopic (exact) mass is 284 g/mol. The summed E-state index contributed by atoms with van der Waals surface area (Å²) in [6.45, 7) is 2.39. The molecule has 1 aromatic rings. The van der Waals surface area contributed by atoms with E-state index in [0.717, 1.165) is 11.1 Å². The maximum atomic E-state index is 12.0. The lowest BCUT2D eigenvalue weighted by Gasteiger charge is -2.21. The summed E-state index contributed by atoms with van der Waals surface area (Å²) in [4.78, 5) is 24.1. The highest BCUT2D eigenvalue weighted by Gasteiger charge is 2.38. The molecule has 0 bridgehead atoms. The Labute approximate surface area is 114 Å². The zero-order valence-electron chi connectivity index (χ0n) is 10.5. The summed E-state index contributed by atoms with van der Waals surface area (Å²) >= 11 is 1.56. The summed E-state index contributed by atoms with van der Waals surface area (Å²) in [6.07, 6.45) is -0.685. The van der Waals surface area contributed by atoms with Gasteiger partial charge in [-0.15, -0.1) is 0 Å². The number of carbonyl (C=O) groups is 2. The normalized spacial score (nSPS) is 22.5. The van der Waals surface area contributed by atoms with Crippen LogP contribution in [0.3, 0.4) is 0 Å². The van der Waals surface area contributed by atoms with Gasteiger partial charge in [-0.3, -0.25) is 0 Å². The Balaban J connectivity index is 1.96. The molecular formula is C12H16N2O4S. The number of β-amino-alcohol motifs (C(OH)–C–C–N with tert-alkyl or cyclic N) is 1. The Morgan fingerprint density at radius 1 is 1.53 bits per heavy atom. The lowest BCUT2D eigenvalue weighted by atomic mass is 10.2. The molecule has 1 unspecified atom stereocenters. The van der Waals surface area contributed by atoms with E-state index in [0.29, 0.717) is 6.54 Å². The number of nitrogens with one attached hydrogen (secondary N) is 1. The van der Waals surface area contributed by atoms with E-state index in [1.165, 1.54) is 4.90 Å². The van der Waals surface area contributed by atoms with Gasteiger partial charge in [0.05, 0.1) is 6.10 Å². The molecular weight excluding hydrogens is 268 g/mol. The van der Waals surface area contributed by atoms with E-state index in [-0.39, 0.29) is 13.0 Å². The van der Waals surface area contributed by atoms with Gasteiger partial charge in [-0.2, -0.15) is 11.3 Å². The SMILES string of the molecule is Cc1cscc1CNC(=O)N1CC(O)C[C@H]1C(=O)O. The minimum absolute atomic E-state index is 0.0609. The number of amides is 2. The lowest BCUT2D eigenvalue weighted by molar-refractivity contribution is -0.141. The quantitative estimate of drug-likeness (QED) is 0.765. The number of aliphatic carboxylic acids is 1. The maximum Gasteiger partial charge on any atom is 0.326 e. The van der Waals surface area contributed by atoms with Crippen LogP contribution in [0.15, 0.2) is 10.8 Å². The van der Waals surface area contributed by atoms with Crippen molar-refractivity contribution >= 4 is 23.3 Å². The van der Waals surface area contributed by atoms with Crippen molar-refractivity contribution < 1.29 is 19.8 Å². The highest BCUT2D eigenvalue weighted by Crippen LogP contribution is 2.19. The van der Waals surface area contributed by atoms with Gasteiger partial charge in [0.25, 0.3) is 0 Å². The molecule has 0 aromatic carbocycles. The first-order valence-corrected chi connectivity index (χ1v) is 6.90. The first kappa shape index (κ1) is 13.8. The van der Waals surface area contributed by atoms with Crippen molar-refractivity contribution in [1.82, 2.24) is 10.2 Å². The van der Waals surface area contributed by atoms with Gasteiger partial charge in [-0.25, -0.2) is 9.59 Å². The lowest BCUT2D eigenvalue weighted by Crippen LogP contribution is -2.45. The summed E-state index contributed by atoms with van der Waals surface area (Å²) in [5.74, 6) is -1.08. The van der Waals surface area contributed by atoms with Gasteiger partial charge in [0.15, 0.2) is 0 Å². The van der Waals surface area contributed by atoms with Crippen molar-refractivity contribution in [3.8, 4) is 0 Å². The molecule has 2 amide bonds. The van der Waals surface area contributed by atoms with Gasteiger partial charge in [-0.1, -0.05) is 0 Å². The zero-order valence-corrected chi connectivity index (χ0v) is 11.3. The topological polar surface area (TPSA) is 89.9 Å². The van der Waals surface area contributed by atoms with Crippen LogP contribution in [0.2, 0.25) is 0 Å². The molecule has 0 aliphatic carbocycles. The molecule has 0 saturated carbocycles. The average Bonchev–Trinajstić information content (AvgIpc) is 2.92. The van der Waals surface area contributed by atoms with Gasteiger partial charge in [-0.05, 0) is 28.8 Å². The number of aliphatic hydroxyl groups is 1. The molecule has 0 spiro atoms. The number of hydrogen-bond donors (Lipinski definition) is 3. The molecule has 104 valence electrons. The van der Waals surface area contributed by atoms with E-state index in [2.05, 4.69) is 5.32 Å². The Kier molecular flexibility index (Phi) is 4.06. The molecule has 2 atom stereocenters. The highest BCUT2D eigenvalue weighted by molar-refractivity contribution is 7.08. The molecule has 1 aliphatic heterocycles. The minimum atomic E-state index is -1.08. The number of thiophene rings is 1. The second kappa shape index (κ2) is 5.58. The van der Waals surface area contributed by atoms with Gasteiger partial charge >= 0.3 is 12.0 Å². The molecule has 7 heteroatoms. The number of hydrogen-bond acceptors (Lipinski definition) is 4. The number of rotatable bonds is 3. The van der Waals surface area contributed by atoms with E-state index in [4.69, 9.17) is 5.11 Å². The van der Waals surface area contributed by atoms with Crippen LogP contribution < -0.4 is 5.32 Å². The van der Waals surface area contributed by atoms with Crippen molar-refractivity contribution in [2.45, 2.75) is 32.0 Å². The summed E-state index contributed by atoms with van der Waals surface area (Å²) in [5, 5.41) is 25.1. The van der Waals surface area contributed by atoms with Crippen molar-refractivity contribution in [3.05, 3.63) is 21.9 Å². The Hall–Kier alpha value is -1.60. The van der Waals surface area contributed by atoms with Crippen molar-refractivity contribution in [2.75, 3.05) is 6.54 Å². The predicted octanol–water partition coefficient (Wildman–Crippen LogP) is 0.786. The molecule has 6 nitrogen and oxygen atoms in total. The Bertz CT molecular complexity index is 488. The van der Waals surface area contributed by atoms with Crippen molar-refractivity contribution in [1.29, 1.82) is 0 Å². The fourth-order valence-electron chi connectivity index (χ4n) is 2.11. The summed E-state index contributed by atoms with van der Waals surface area (Å²) < 4.78 is 0. The maximum absolute atomic E-state index is 12.0. The van der Waals surface area contributed by atoms with Crippen LogP contribution in [0, 0.1) is 6.92 Å². The van der Waals surface area contributed by atoms with Crippen LogP contribution in [0.1, 0.15) is 17.5 Å². The van der Waals surface area contributed by atoms with Crippen LogP contribution >= 0.6 is 11.3 Å². The van der Waals surface area contributed by atoms with Crippen LogP contribution in [0.5, 0.6) is 0 Å². The van der Waals surface area contributed by atoms with Gasteiger partial charge in [0.1, 0.15) is 6.04 Å². The number of urea groups is 1. The number of carboxylic acid groups (broad SMARTS) is 1. The smallest absolute Gasteiger partial charge is 0.326 e. The van der Waals surface area contributed by atoms with E-state index in [1.807, 2.05) is 17.7 Å². The second-order valence-electron chi connectivity index (χ2n) is 4.63. The first-order chi connectivity index (χ1) is 8.99. The fraction of sp³-hybridized carbons (Fsp3) is 0.500. The number of aliphatic hydroxyl groups excluding tert-OH is 1. The third-order valence-corrected chi connectivity index (χ3v) is 4.13. The van der Waals surface area contributed by atoms with Crippen LogP contribution in [0.25, 0.3) is 0 Å². The van der Waals surface area contributed by atoms with Gasteiger partial charge in [0, 0.05) is 19.5 Å². The van der Waals surface area contributed by atoms with E-state index < -0.39 is 24.1 Å². The van der Waals surface area contributed by atoms with Crippen LogP contribution in [-0.2, 0) is 11.3 Å². The second-order valence-corrected chi connectivity index (χ2v) is 5.38. The van der Waals surface area contributed by atoms with Crippen molar-refractivity contribution in [2.24, 2.45) is 0 Å². The molecule has 2 rings (SSSR count). The van der Waals surface area contributed by atoms with Crippen LogP contribution in [0.4, 0.5) is 4.79 Å². The van der Waals surface area contributed by atoms with Crippen molar-refractivity contribution in [3.63, 3.8) is 0 Å². The molecule has 1 saturated heterocycles. The van der Waals surface area contributed by atoms with Gasteiger partial charge < -0.3 is 20.4 Å². The third kappa shape index (κ3) is 3.05. The third-order valence-electron chi connectivity index (χ3n) is 3.22. The van der Waals surface area contributed by atoms with Crippen LogP contribution in [-0.4, -0.2) is 45.8 Å². The minimum Gasteiger partial charge on any atom is -0.480 e. The molecule has 19 heavy (non-hydrogen) atoms. The number of carboxylic acids is 1. The number of nitrogens with zero attached hydrogens (tertiary/aromatic N) is 1. The Morgan fingerprint density at radius 2 is 2.26 bits per heavy atom. The number of likely N-dealkylation sites (tertiary alicyclic amines) is 1. The highest BCUT2D eigenvalue weighted by atomic mass is 32.1. The molecule has 1 aliphatic rings.